The van der Waals surface area contributed by atoms with Crippen LogP contribution in [0, 0.1) is 13.8 Å². The molecule has 1 rings (SSSR count). The Kier molecular flexibility index (Phi) is 3.40. The van der Waals surface area contributed by atoms with Crippen LogP contribution in [0.15, 0.2) is 12.2 Å². The number of aromatic nitrogens is 2. The van der Waals surface area contributed by atoms with Crippen molar-refractivity contribution < 1.29 is 0 Å². The molecule has 72 valence electrons. The third kappa shape index (κ3) is 2.26. The molecule has 1 aromatic rings. The summed E-state index contributed by atoms with van der Waals surface area (Å²) in [6.07, 6.45) is 0. The first-order valence-electron chi connectivity index (χ1n) is 3.98. The minimum Gasteiger partial charge on any atom is -0.264 e. The van der Waals surface area contributed by atoms with Gasteiger partial charge in [0.25, 0.3) is 0 Å². The lowest BCUT2D eigenvalue weighted by atomic mass is 10.3. The van der Waals surface area contributed by atoms with Crippen LogP contribution < -0.4 is 0 Å². The van der Waals surface area contributed by atoms with E-state index in [1.807, 2.05) is 18.5 Å². The summed E-state index contributed by atoms with van der Waals surface area (Å²) >= 11 is 11.6. The van der Waals surface area contributed by atoms with E-state index in [1.165, 1.54) is 0 Å². The number of alkyl halides is 1. The molecule has 0 aliphatic heterocycles. The highest BCUT2D eigenvalue weighted by molar-refractivity contribution is 6.31. The second kappa shape index (κ2) is 4.16. The maximum Gasteiger partial charge on any atom is 0.0844 e. The van der Waals surface area contributed by atoms with Gasteiger partial charge in [0.05, 0.1) is 23.0 Å². The monoisotopic (exact) mass is 218 g/mol. The molecule has 0 atom stereocenters. The first kappa shape index (κ1) is 10.6. The molecule has 0 unspecified atom stereocenters. The summed E-state index contributed by atoms with van der Waals surface area (Å²) in [5.41, 5.74) is 2.75. The molecule has 0 saturated carbocycles. The molecule has 0 amide bonds. The van der Waals surface area contributed by atoms with Crippen LogP contribution in [0.3, 0.4) is 0 Å². The van der Waals surface area contributed by atoms with Crippen LogP contribution in [0.1, 0.15) is 11.4 Å². The van der Waals surface area contributed by atoms with Gasteiger partial charge in [0.2, 0.25) is 0 Å². The maximum absolute atomic E-state index is 5.98. The number of aryl methyl sites for hydroxylation is 1. The summed E-state index contributed by atoms with van der Waals surface area (Å²) in [5.74, 6) is 0.454. The molecule has 0 aliphatic rings. The number of allylic oxidation sites excluding steroid dienone is 1. The number of nitrogens with zero attached hydrogens (tertiary/aromatic N) is 2. The van der Waals surface area contributed by atoms with Crippen molar-refractivity contribution in [3.63, 3.8) is 0 Å². The standard InChI is InChI=1S/C9H12Cl2N2/c1-6(4-10)5-13-8(3)9(11)7(2)12-13/h1,4-5H2,2-3H3. The summed E-state index contributed by atoms with van der Waals surface area (Å²) in [4.78, 5) is 0. The zero-order valence-electron chi connectivity index (χ0n) is 7.77. The molecule has 0 radical (unpaired) electrons. The second-order valence-electron chi connectivity index (χ2n) is 3.03. The first-order valence-corrected chi connectivity index (χ1v) is 4.89. The van der Waals surface area contributed by atoms with Crippen LogP contribution in [0.2, 0.25) is 5.02 Å². The molecule has 0 spiro atoms. The van der Waals surface area contributed by atoms with Crippen molar-refractivity contribution in [3.05, 3.63) is 28.6 Å². The Hall–Kier alpha value is -0.470. The van der Waals surface area contributed by atoms with Crippen molar-refractivity contribution in [2.45, 2.75) is 20.4 Å². The van der Waals surface area contributed by atoms with Crippen molar-refractivity contribution in [2.75, 3.05) is 5.88 Å². The molecule has 13 heavy (non-hydrogen) atoms. The fourth-order valence-electron chi connectivity index (χ4n) is 1.08. The largest absolute Gasteiger partial charge is 0.264 e. The predicted molar refractivity (Wildman–Crippen MR) is 56.6 cm³/mol. The zero-order chi connectivity index (χ0) is 10.0. The van der Waals surface area contributed by atoms with E-state index in [1.54, 1.807) is 0 Å². The van der Waals surface area contributed by atoms with E-state index in [-0.39, 0.29) is 0 Å². The minimum atomic E-state index is 0.454. The Labute approximate surface area is 88.1 Å². The molecule has 1 heterocycles. The van der Waals surface area contributed by atoms with Crippen molar-refractivity contribution in [3.8, 4) is 0 Å². The lowest BCUT2D eigenvalue weighted by molar-refractivity contribution is 0.653. The van der Waals surface area contributed by atoms with Gasteiger partial charge >= 0.3 is 0 Å². The zero-order valence-corrected chi connectivity index (χ0v) is 9.28. The highest BCUT2D eigenvalue weighted by atomic mass is 35.5. The molecule has 0 aromatic carbocycles. The predicted octanol–water partition coefficient (Wildman–Crippen LogP) is 2.95. The summed E-state index contributed by atoms with van der Waals surface area (Å²) in [6.45, 7) is 8.27. The average Bonchev–Trinajstić information content (AvgIpc) is 2.34. The molecule has 0 fully saturated rings. The van der Waals surface area contributed by atoms with Crippen molar-refractivity contribution in [1.29, 1.82) is 0 Å². The Morgan fingerprint density at radius 1 is 1.54 bits per heavy atom. The summed E-state index contributed by atoms with van der Waals surface area (Å²) in [5, 5.41) is 4.99. The lowest BCUT2D eigenvalue weighted by Crippen LogP contribution is -2.05. The quantitative estimate of drug-likeness (QED) is 0.564. The molecule has 2 nitrogen and oxygen atoms in total. The second-order valence-corrected chi connectivity index (χ2v) is 3.67. The SMILES string of the molecule is C=C(CCl)Cn1nc(C)c(Cl)c1C. The van der Waals surface area contributed by atoms with Gasteiger partial charge in [-0.1, -0.05) is 18.2 Å². The molecule has 0 N–H and O–H groups in total. The summed E-state index contributed by atoms with van der Waals surface area (Å²) in [7, 11) is 0. The third-order valence-electron chi connectivity index (χ3n) is 1.86. The van der Waals surface area contributed by atoms with E-state index in [9.17, 15) is 0 Å². The van der Waals surface area contributed by atoms with Gasteiger partial charge in [-0.15, -0.1) is 11.6 Å². The normalized spacial score (nSPS) is 10.5. The maximum atomic E-state index is 5.98. The Morgan fingerprint density at radius 3 is 2.54 bits per heavy atom. The highest BCUT2D eigenvalue weighted by Crippen LogP contribution is 2.19. The van der Waals surface area contributed by atoms with Gasteiger partial charge in [0.15, 0.2) is 0 Å². The number of hydrogen-bond donors (Lipinski definition) is 0. The smallest absolute Gasteiger partial charge is 0.0844 e. The molecule has 0 saturated heterocycles. The van der Waals surface area contributed by atoms with E-state index in [2.05, 4.69) is 11.7 Å². The van der Waals surface area contributed by atoms with Crippen molar-refractivity contribution >= 4 is 23.2 Å². The van der Waals surface area contributed by atoms with Crippen LogP contribution in [0.5, 0.6) is 0 Å². The van der Waals surface area contributed by atoms with Gasteiger partial charge in [-0.2, -0.15) is 5.10 Å². The summed E-state index contributed by atoms with van der Waals surface area (Å²) in [6, 6.07) is 0. The Bertz CT molecular complexity index is 329. The minimum absolute atomic E-state index is 0.454. The number of rotatable bonds is 3. The van der Waals surface area contributed by atoms with Gasteiger partial charge in [-0.05, 0) is 19.4 Å². The number of halogens is 2. The van der Waals surface area contributed by atoms with Crippen LogP contribution in [0.4, 0.5) is 0 Å². The highest BCUT2D eigenvalue weighted by Gasteiger charge is 2.08. The fourth-order valence-corrected chi connectivity index (χ4v) is 1.30. The lowest BCUT2D eigenvalue weighted by Gasteiger charge is -2.04. The van der Waals surface area contributed by atoms with Gasteiger partial charge < -0.3 is 0 Å². The number of hydrogen-bond acceptors (Lipinski definition) is 1. The van der Waals surface area contributed by atoms with E-state index >= 15 is 0 Å². The molecule has 4 heteroatoms. The Morgan fingerprint density at radius 2 is 2.15 bits per heavy atom. The van der Waals surface area contributed by atoms with Crippen LogP contribution in [0.25, 0.3) is 0 Å². The topological polar surface area (TPSA) is 17.8 Å². The van der Waals surface area contributed by atoms with Crippen LogP contribution in [-0.2, 0) is 6.54 Å². The molecular weight excluding hydrogens is 207 g/mol. The van der Waals surface area contributed by atoms with Gasteiger partial charge in [-0.3, -0.25) is 4.68 Å². The van der Waals surface area contributed by atoms with E-state index in [0.717, 1.165) is 22.0 Å². The van der Waals surface area contributed by atoms with Crippen LogP contribution in [-0.4, -0.2) is 15.7 Å². The fraction of sp³-hybridized carbons (Fsp3) is 0.444. The average molecular weight is 219 g/mol. The van der Waals surface area contributed by atoms with Crippen molar-refractivity contribution in [1.82, 2.24) is 9.78 Å². The molecule has 0 aliphatic carbocycles. The molecule has 1 aromatic heterocycles. The summed E-state index contributed by atoms with van der Waals surface area (Å²) < 4.78 is 1.82. The van der Waals surface area contributed by atoms with E-state index < -0.39 is 0 Å². The Balaban J connectivity index is 2.90. The van der Waals surface area contributed by atoms with Crippen LogP contribution >= 0.6 is 23.2 Å². The molecular formula is C9H12Cl2N2. The first-order chi connectivity index (χ1) is 6.06. The van der Waals surface area contributed by atoms with E-state index in [4.69, 9.17) is 23.2 Å². The van der Waals surface area contributed by atoms with Crippen molar-refractivity contribution in [2.24, 2.45) is 0 Å². The van der Waals surface area contributed by atoms with Gasteiger partial charge in [0, 0.05) is 5.88 Å². The molecule has 0 bridgehead atoms. The van der Waals surface area contributed by atoms with E-state index in [0.29, 0.717) is 12.4 Å². The van der Waals surface area contributed by atoms with Gasteiger partial charge in [-0.25, -0.2) is 0 Å². The van der Waals surface area contributed by atoms with Gasteiger partial charge in [0.1, 0.15) is 0 Å². The third-order valence-corrected chi connectivity index (χ3v) is 2.78.